The number of hydrazine groups is 1. The summed E-state index contributed by atoms with van der Waals surface area (Å²) in [7, 11) is 1.57. The van der Waals surface area contributed by atoms with Crippen LogP contribution >= 0.6 is 11.6 Å². The van der Waals surface area contributed by atoms with E-state index in [1.807, 2.05) is 24.3 Å². The zero-order valence-corrected chi connectivity index (χ0v) is 17.8. The predicted octanol–water partition coefficient (Wildman–Crippen LogP) is 3.50. The fourth-order valence-electron chi connectivity index (χ4n) is 3.59. The lowest BCUT2D eigenvalue weighted by molar-refractivity contribution is -0.596. The maximum Gasteiger partial charge on any atom is 0.304 e. The van der Waals surface area contributed by atoms with Gasteiger partial charge in [0.2, 0.25) is 12.3 Å². The third-order valence-corrected chi connectivity index (χ3v) is 5.41. The van der Waals surface area contributed by atoms with Gasteiger partial charge in [-0.25, -0.2) is 4.39 Å². The maximum absolute atomic E-state index is 13.2. The van der Waals surface area contributed by atoms with Crippen LogP contribution in [-0.4, -0.2) is 35.9 Å². The van der Waals surface area contributed by atoms with Gasteiger partial charge >= 0.3 is 5.91 Å². The molecule has 1 fully saturated rings. The molecule has 2 atom stereocenters. The highest BCUT2D eigenvalue weighted by Gasteiger charge is 2.47. The van der Waals surface area contributed by atoms with Crippen molar-refractivity contribution in [2.75, 3.05) is 7.11 Å². The third kappa shape index (κ3) is 4.48. The van der Waals surface area contributed by atoms with Gasteiger partial charge in [0.25, 0.3) is 5.91 Å². The van der Waals surface area contributed by atoms with Gasteiger partial charge in [0, 0.05) is 16.1 Å². The van der Waals surface area contributed by atoms with Crippen molar-refractivity contribution in [3.63, 3.8) is 0 Å². The Bertz CT molecular complexity index is 1180. The number of halogens is 2. The zero-order valence-electron chi connectivity index (χ0n) is 17.1. The molecular weight excluding hydrogens is 433 g/mol. The Balaban J connectivity index is 1.72. The number of nitrogens with zero attached hydrogens (tertiary/aromatic N) is 1. The Labute approximate surface area is 189 Å². The molecule has 2 N–H and O–H groups in total. The summed E-state index contributed by atoms with van der Waals surface area (Å²) in [6.45, 7) is 0. The maximum atomic E-state index is 13.2. The minimum absolute atomic E-state index is 0.251. The molecule has 6 nitrogen and oxygen atoms in total. The van der Waals surface area contributed by atoms with Crippen molar-refractivity contribution in [1.82, 2.24) is 10.7 Å². The lowest BCUT2D eigenvalue weighted by atomic mass is 9.99. The van der Waals surface area contributed by atoms with Crippen LogP contribution in [0.4, 0.5) is 4.39 Å². The lowest BCUT2D eigenvalue weighted by Crippen LogP contribution is -2.42. The molecule has 3 aromatic carbocycles. The van der Waals surface area contributed by atoms with Gasteiger partial charge in [0.15, 0.2) is 6.04 Å². The van der Waals surface area contributed by atoms with Gasteiger partial charge < -0.3 is 10.1 Å². The molecule has 3 aromatic rings. The molecule has 1 aliphatic heterocycles. The first-order valence-electron chi connectivity index (χ1n) is 9.85. The fourth-order valence-corrected chi connectivity index (χ4v) is 3.72. The Kier molecular flexibility index (Phi) is 6.18. The smallest absolute Gasteiger partial charge is 0.304 e. The monoisotopic (exact) mass is 452 g/mol. The van der Waals surface area contributed by atoms with E-state index in [-0.39, 0.29) is 11.5 Å². The van der Waals surface area contributed by atoms with E-state index in [9.17, 15) is 14.0 Å². The number of para-hydroxylation sites is 1. The van der Waals surface area contributed by atoms with Crippen molar-refractivity contribution in [3.05, 3.63) is 100 Å². The van der Waals surface area contributed by atoms with E-state index in [0.717, 1.165) is 11.1 Å². The van der Waals surface area contributed by atoms with E-state index in [1.165, 1.54) is 24.3 Å². The van der Waals surface area contributed by atoms with Gasteiger partial charge in [-0.1, -0.05) is 35.9 Å². The van der Waals surface area contributed by atoms with Crippen molar-refractivity contribution in [2.24, 2.45) is 0 Å². The average Bonchev–Trinajstić information content (AvgIpc) is 3.09. The number of amides is 2. The van der Waals surface area contributed by atoms with Crippen LogP contribution in [0.2, 0.25) is 5.02 Å². The van der Waals surface area contributed by atoms with E-state index in [1.54, 1.807) is 42.3 Å². The summed E-state index contributed by atoms with van der Waals surface area (Å²) in [5.74, 6) is -0.679. The molecule has 0 bridgehead atoms. The van der Waals surface area contributed by atoms with E-state index in [2.05, 4.69) is 10.7 Å². The van der Waals surface area contributed by atoms with Crippen molar-refractivity contribution in [2.45, 2.75) is 12.1 Å². The Hall–Kier alpha value is -3.71. The van der Waals surface area contributed by atoms with Crippen LogP contribution in [0, 0.1) is 5.82 Å². The highest BCUT2D eigenvalue weighted by atomic mass is 35.5. The number of ether oxygens (including phenoxy) is 1. The van der Waals surface area contributed by atoms with Gasteiger partial charge in [-0.15, -0.1) is 10.1 Å². The Morgan fingerprint density at radius 2 is 1.78 bits per heavy atom. The van der Waals surface area contributed by atoms with Gasteiger partial charge in [0.05, 0.1) is 12.7 Å². The average molecular weight is 453 g/mol. The van der Waals surface area contributed by atoms with Gasteiger partial charge in [-0.05, 0) is 48.5 Å². The van der Waals surface area contributed by atoms with Crippen molar-refractivity contribution in [1.29, 1.82) is 0 Å². The third-order valence-electron chi connectivity index (χ3n) is 5.16. The highest BCUT2D eigenvalue weighted by Crippen LogP contribution is 2.27. The van der Waals surface area contributed by atoms with E-state index in [4.69, 9.17) is 16.3 Å². The molecule has 1 aliphatic rings. The Morgan fingerprint density at radius 1 is 1.09 bits per heavy atom. The molecule has 8 heteroatoms. The molecule has 0 spiro atoms. The molecular formula is C24H20ClFN3O3+. The van der Waals surface area contributed by atoms with E-state index >= 15 is 0 Å². The first-order chi connectivity index (χ1) is 15.5. The second-order valence-electron chi connectivity index (χ2n) is 7.21. The van der Waals surface area contributed by atoms with Gasteiger partial charge in [-0.3, -0.25) is 9.59 Å². The number of rotatable bonds is 5. The molecule has 0 radical (unpaired) electrons. The summed E-state index contributed by atoms with van der Waals surface area (Å²) in [6.07, 6.45) is 1.75. The minimum Gasteiger partial charge on any atom is -0.496 e. The molecule has 32 heavy (non-hydrogen) atoms. The number of carbonyl (C=O) groups is 2. The molecule has 162 valence electrons. The number of hydrogen-bond donors (Lipinski definition) is 2. The zero-order chi connectivity index (χ0) is 22.7. The number of carbonyl (C=O) groups excluding carboxylic acids is 2. The number of hydrazone groups is 1. The first kappa shape index (κ1) is 21.5. The molecule has 0 aromatic heterocycles. The number of nitrogens with one attached hydrogen (secondary N) is 2. The fraction of sp³-hybridized carbons (Fsp3) is 0.125. The molecule has 0 saturated carbocycles. The molecule has 1 saturated heterocycles. The normalized spacial score (nSPS) is 19.0. The Morgan fingerprint density at radius 3 is 2.47 bits per heavy atom. The quantitative estimate of drug-likeness (QED) is 0.582. The largest absolute Gasteiger partial charge is 0.496 e. The number of methoxy groups -OCH3 is 1. The topological polar surface area (TPSA) is 70.4 Å². The summed E-state index contributed by atoms with van der Waals surface area (Å²) in [5, 5.41) is 3.33. The van der Waals surface area contributed by atoms with Crippen LogP contribution in [0.25, 0.3) is 0 Å². The van der Waals surface area contributed by atoms with Crippen LogP contribution in [0.1, 0.15) is 27.5 Å². The summed E-state index contributed by atoms with van der Waals surface area (Å²) < 4.78 is 20.3. The SMILES string of the molecule is COc1ccccc1/C=[N+]1\NC(=O)[C@@H](NC(=O)c2ccc(F)cc2)[C@H]1c1ccc(Cl)cc1. The number of benzene rings is 3. The van der Waals surface area contributed by atoms with Crippen LogP contribution < -0.4 is 15.5 Å². The van der Waals surface area contributed by atoms with Gasteiger partial charge in [-0.2, -0.15) is 0 Å². The lowest BCUT2D eigenvalue weighted by Gasteiger charge is -2.15. The molecule has 4 rings (SSSR count). The van der Waals surface area contributed by atoms with Crippen LogP contribution in [-0.2, 0) is 4.79 Å². The van der Waals surface area contributed by atoms with Crippen LogP contribution in [0.5, 0.6) is 5.75 Å². The number of hydrogen-bond acceptors (Lipinski definition) is 3. The van der Waals surface area contributed by atoms with E-state index < -0.39 is 23.8 Å². The first-order valence-corrected chi connectivity index (χ1v) is 10.2. The van der Waals surface area contributed by atoms with Crippen molar-refractivity contribution < 1.29 is 23.4 Å². The molecule has 1 heterocycles. The summed E-state index contributed by atoms with van der Waals surface area (Å²) in [4.78, 5) is 25.7. The van der Waals surface area contributed by atoms with Crippen LogP contribution in [0.15, 0.2) is 72.8 Å². The summed E-state index contributed by atoms with van der Waals surface area (Å²) in [5.41, 5.74) is 4.58. The van der Waals surface area contributed by atoms with Gasteiger partial charge in [0.1, 0.15) is 11.6 Å². The molecule has 0 aliphatic carbocycles. The minimum atomic E-state index is -0.903. The predicted molar refractivity (Wildman–Crippen MR) is 118 cm³/mol. The second-order valence-corrected chi connectivity index (χ2v) is 7.65. The highest BCUT2D eigenvalue weighted by molar-refractivity contribution is 6.30. The van der Waals surface area contributed by atoms with Crippen LogP contribution in [0.3, 0.4) is 0 Å². The standard InChI is InChI=1S/C24H19ClFN3O3/c1-32-20-5-3-2-4-17(20)14-29-22(15-6-10-18(25)11-7-15)21(24(31)28-29)27-23(30)16-8-12-19(26)13-9-16/h2-14,21-22H,1H3,(H-,27,28,30,31)/p+1/b29-14-/t21-,22+/m0/s1. The molecule has 2 amide bonds. The second kappa shape index (κ2) is 9.20. The summed E-state index contributed by atoms with van der Waals surface area (Å²) >= 11 is 6.05. The molecule has 0 unspecified atom stereocenters. The van der Waals surface area contributed by atoms with E-state index in [0.29, 0.717) is 10.8 Å². The van der Waals surface area contributed by atoms with Crippen molar-refractivity contribution >= 4 is 29.6 Å². The summed E-state index contributed by atoms with van der Waals surface area (Å²) in [6, 6.07) is 18.1. The van der Waals surface area contributed by atoms with Crippen molar-refractivity contribution in [3.8, 4) is 5.75 Å².